The number of imidazole rings is 1. The number of aliphatic hydroxyl groups is 1. The summed E-state index contributed by atoms with van der Waals surface area (Å²) >= 11 is 0. The third-order valence-corrected chi connectivity index (χ3v) is 11.2. The van der Waals surface area contributed by atoms with Crippen molar-refractivity contribution in [2.24, 2.45) is 34.5 Å². The second-order valence-corrected chi connectivity index (χ2v) is 12.6. The van der Waals surface area contributed by atoms with Gasteiger partial charge in [0.15, 0.2) is 0 Å². The van der Waals surface area contributed by atoms with E-state index in [1.807, 2.05) is 7.11 Å². The standard InChI is InChI=1S/C29H42N2O2/c1-27(32)13-14-29(15-17-33-3)20(18-27)7-8-21-22-9-10-24(28(22,2)12-11-23(21)29)25-19-31-16-5-4-6-26(31)30-25/h4-6,16,19-24,32H,7-15,17-18H2,1-3H3/t20-,21?,22+,23+,24-,27-,28+,29-/m1/s1. The summed E-state index contributed by atoms with van der Waals surface area (Å²) in [5.74, 6) is 3.71. The average Bonchev–Trinajstić information content (AvgIpc) is 3.37. The van der Waals surface area contributed by atoms with Crippen LogP contribution in [0.4, 0.5) is 0 Å². The summed E-state index contributed by atoms with van der Waals surface area (Å²) in [7, 11) is 1.86. The van der Waals surface area contributed by atoms with Crippen LogP contribution < -0.4 is 0 Å². The Labute approximate surface area is 199 Å². The van der Waals surface area contributed by atoms with Crippen molar-refractivity contribution in [3.63, 3.8) is 0 Å². The molecule has 4 fully saturated rings. The average molecular weight is 451 g/mol. The molecule has 4 aliphatic carbocycles. The highest BCUT2D eigenvalue weighted by Crippen LogP contribution is 2.70. The van der Waals surface area contributed by atoms with Crippen molar-refractivity contribution in [2.75, 3.05) is 13.7 Å². The van der Waals surface area contributed by atoms with E-state index in [4.69, 9.17) is 9.72 Å². The molecule has 0 aliphatic heterocycles. The Balaban J connectivity index is 1.31. The lowest BCUT2D eigenvalue weighted by Crippen LogP contribution is -2.56. The van der Waals surface area contributed by atoms with Crippen LogP contribution in [0.15, 0.2) is 30.6 Å². The number of ether oxygens (including phenoxy) is 1. The molecule has 0 saturated heterocycles. The predicted octanol–water partition coefficient (Wildman–Crippen LogP) is 6.23. The predicted molar refractivity (Wildman–Crippen MR) is 131 cm³/mol. The number of nitrogens with zero attached hydrogens (tertiary/aromatic N) is 2. The van der Waals surface area contributed by atoms with E-state index >= 15 is 0 Å². The van der Waals surface area contributed by atoms with E-state index in [0.29, 0.717) is 22.7 Å². The van der Waals surface area contributed by atoms with E-state index in [1.165, 1.54) is 57.1 Å². The van der Waals surface area contributed by atoms with Crippen LogP contribution in [0.5, 0.6) is 0 Å². The molecule has 33 heavy (non-hydrogen) atoms. The summed E-state index contributed by atoms with van der Waals surface area (Å²) in [5, 5.41) is 10.9. The molecular weight excluding hydrogens is 408 g/mol. The van der Waals surface area contributed by atoms with Gasteiger partial charge in [-0.2, -0.15) is 0 Å². The van der Waals surface area contributed by atoms with Crippen LogP contribution in [0.3, 0.4) is 0 Å². The van der Waals surface area contributed by atoms with Gasteiger partial charge in [-0.15, -0.1) is 0 Å². The van der Waals surface area contributed by atoms with Crippen LogP contribution in [0.1, 0.15) is 89.7 Å². The third-order valence-electron chi connectivity index (χ3n) is 11.2. The molecule has 0 radical (unpaired) electrons. The van der Waals surface area contributed by atoms with Crippen LogP contribution in [-0.4, -0.2) is 33.8 Å². The quantitative estimate of drug-likeness (QED) is 0.601. The van der Waals surface area contributed by atoms with Crippen LogP contribution in [-0.2, 0) is 4.74 Å². The highest BCUT2D eigenvalue weighted by Gasteiger charge is 2.62. The third kappa shape index (κ3) is 3.34. The number of fused-ring (bicyclic) bond motifs is 6. The molecule has 4 saturated carbocycles. The molecule has 2 heterocycles. The molecule has 4 heteroatoms. The van der Waals surface area contributed by atoms with Crippen molar-refractivity contribution in [2.45, 2.75) is 89.6 Å². The number of methoxy groups -OCH3 is 1. The van der Waals surface area contributed by atoms with Crippen molar-refractivity contribution in [1.29, 1.82) is 0 Å². The van der Waals surface area contributed by atoms with Crippen LogP contribution in [0.2, 0.25) is 0 Å². The summed E-state index contributed by atoms with van der Waals surface area (Å²) in [5.41, 5.74) is 2.68. The molecule has 2 aromatic rings. The number of hydrogen-bond donors (Lipinski definition) is 1. The van der Waals surface area contributed by atoms with Gasteiger partial charge in [0.25, 0.3) is 0 Å². The Bertz CT molecular complexity index is 981. The first kappa shape index (κ1) is 22.1. The van der Waals surface area contributed by atoms with Gasteiger partial charge >= 0.3 is 0 Å². The molecular formula is C29H42N2O2. The van der Waals surface area contributed by atoms with Crippen molar-refractivity contribution in [3.8, 4) is 0 Å². The maximum Gasteiger partial charge on any atom is 0.136 e. The Hall–Kier alpha value is -1.39. The number of hydrogen-bond acceptors (Lipinski definition) is 3. The van der Waals surface area contributed by atoms with Gasteiger partial charge in [-0.1, -0.05) is 13.0 Å². The van der Waals surface area contributed by atoms with Gasteiger partial charge in [-0.25, -0.2) is 4.98 Å². The minimum atomic E-state index is -0.473. The maximum atomic E-state index is 10.9. The first-order valence-electron chi connectivity index (χ1n) is 13.5. The molecule has 1 N–H and O–H groups in total. The summed E-state index contributed by atoms with van der Waals surface area (Å²) in [6.45, 7) is 5.55. The fourth-order valence-electron chi connectivity index (χ4n) is 9.63. The Morgan fingerprint density at radius 1 is 1.06 bits per heavy atom. The largest absolute Gasteiger partial charge is 0.390 e. The first-order valence-corrected chi connectivity index (χ1v) is 13.5. The summed E-state index contributed by atoms with van der Waals surface area (Å²) < 4.78 is 7.86. The Morgan fingerprint density at radius 3 is 2.76 bits per heavy atom. The van der Waals surface area contributed by atoms with Gasteiger partial charge in [-0.3, -0.25) is 0 Å². The lowest BCUT2D eigenvalue weighted by molar-refractivity contribution is -0.159. The Morgan fingerprint density at radius 2 is 1.94 bits per heavy atom. The second kappa shape index (κ2) is 7.81. The molecule has 8 atom stereocenters. The zero-order valence-corrected chi connectivity index (χ0v) is 20.8. The van der Waals surface area contributed by atoms with Crippen molar-refractivity contribution in [3.05, 3.63) is 36.3 Å². The second-order valence-electron chi connectivity index (χ2n) is 12.6. The molecule has 4 aliphatic rings. The van der Waals surface area contributed by atoms with Gasteiger partial charge in [0, 0.05) is 32.0 Å². The summed E-state index contributed by atoms with van der Waals surface area (Å²) in [6, 6.07) is 6.33. The normalized spacial score (nSPS) is 44.9. The van der Waals surface area contributed by atoms with E-state index in [0.717, 1.165) is 42.8 Å². The highest BCUT2D eigenvalue weighted by atomic mass is 16.5. The fraction of sp³-hybridized carbons (Fsp3) is 0.759. The van der Waals surface area contributed by atoms with Gasteiger partial charge in [-0.05, 0) is 118 Å². The minimum absolute atomic E-state index is 0.370. The molecule has 6 rings (SSSR count). The number of pyridine rings is 1. The van der Waals surface area contributed by atoms with Crippen molar-refractivity contribution < 1.29 is 9.84 Å². The van der Waals surface area contributed by atoms with Gasteiger partial charge in [0.05, 0.1) is 11.3 Å². The lowest BCUT2D eigenvalue weighted by atomic mass is 9.42. The molecule has 0 bridgehead atoms. The lowest BCUT2D eigenvalue weighted by Gasteiger charge is -2.63. The molecule has 0 amide bonds. The fourth-order valence-corrected chi connectivity index (χ4v) is 9.63. The van der Waals surface area contributed by atoms with Crippen LogP contribution >= 0.6 is 0 Å². The highest BCUT2D eigenvalue weighted by molar-refractivity contribution is 5.41. The number of aromatic nitrogens is 2. The van der Waals surface area contributed by atoms with Crippen LogP contribution in [0, 0.1) is 34.5 Å². The Kier molecular flexibility index (Phi) is 5.23. The van der Waals surface area contributed by atoms with E-state index in [2.05, 4.69) is 48.8 Å². The molecule has 4 nitrogen and oxygen atoms in total. The zero-order chi connectivity index (χ0) is 22.8. The van der Waals surface area contributed by atoms with Gasteiger partial charge in [0.1, 0.15) is 5.65 Å². The molecule has 1 unspecified atom stereocenters. The summed E-state index contributed by atoms with van der Waals surface area (Å²) in [4.78, 5) is 5.09. The number of rotatable bonds is 4. The van der Waals surface area contributed by atoms with E-state index in [9.17, 15) is 5.11 Å². The monoisotopic (exact) mass is 450 g/mol. The van der Waals surface area contributed by atoms with E-state index in [-0.39, 0.29) is 0 Å². The smallest absolute Gasteiger partial charge is 0.136 e. The zero-order valence-electron chi connectivity index (χ0n) is 20.8. The van der Waals surface area contributed by atoms with Gasteiger partial charge < -0.3 is 14.2 Å². The molecule has 2 aromatic heterocycles. The van der Waals surface area contributed by atoms with E-state index < -0.39 is 5.60 Å². The molecule has 0 aromatic carbocycles. The first-order chi connectivity index (χ1) is 15.9. The maximum absolute atomic E-state index is 10.9. The molecule has 0 spiro atoms. The minimum Gasteiger partial charge on any atom is -0.390 e. The van der Waals surface area contributed by atoms with Crippen LogP contribution in [0.25, 0.3) is 5.65 Å². The van der Waals surface area contributed by atoms with Crippen molar-refractivity contribution in [1.82, 2.24) is 9.38 Å². The summed E-state index contributed by atoms with van der Waals surface area (Å²) in [6.07, 6.45) is 16.8. The molecule has 180 valence electrons. The topological polar surface area (TPSA) is 46.8 Å². The van der Waals surface area contributed by atoms with Crippen molar-refractivity contribution >= 4 is 5.65 Å². The SMILES string of the molecule is COCC[C@]12CC[C@@](C)(O)C[C@H]1CCC1[C@@H]3CC[C@H](c4cn5ccccc5n4)[C@@]3(C)CC[C@@H]12. The van der Waals surface area contributed by atoms with E-state index in [1.54, 1.807) is 0 Å². The van der Waals surface area contributed by atoms with Gasteiger partial charge in [0.2, 0.25) is 0 Å².